The number of nitrogens with zero attached hydrogens (tertiary/aromatic N) is 2. The van der Waals surface area contributed by atoms with Crippen molar-refractivity contribution < 1.29 is 14.3 Å². The lowest BCUT2D eigenvalue weighted by Crippen LogP contribution is -2.42. The summed E-state index contributed by atoms with van der Waals surface area (Å²) in [6, 6.07) is 5.68. The number of carbonyl (C=O) groups excluding carboxylic acids is 2. The van der Waals surface area contributed by atoms with Crippen LogP contribution >= 0.6 is 11.6 Å². The third-order valence-electron chi connectivity index (χ3n) is 4.70. The molecule has 0 aromatic carbocycles. The van der Waals surface area contributed by atoms with Crippen LogP contribution in [0.4, 0.5) is 0 Å². The Morgan fingerprint density at radius 3 is 3.00 bits per heavy atom. The Balaban J connectivity index is 1.52. The van der Waals surface area contributed by atoms with Crippen LogP contribution in [0.2, 0.25) is 5.15 Å². The molecule has 0 radical (unpaired) electrons. The number of pyridine rings is 1. The Bertz CT molecular complexity index is 831. The molecule has 0 spiro atoms. The van der Waals surface area contributed by atoms with Gasteiger partial charge in [-0.15, -0.1) is 0 Å². The smallest absolute Gasteiger partial charge is 0.331 e. The predicted molar refractivity (Wildman–Crippen MR) is 99.8 cm³/mol. The number of esters is 1. The second-order valence-electron chi connectivity index (χ2n) is 6.59. The van der Waals surface area contributed by atoms with Crippen molar-refractivity contribution in [1.29, 1.82) is 0 Å². The van der Waals surface area contributed by atoms with E-state index in [1.54, 1.807) is 10.6 Å². The van der Waals surface area contributed by atoms with E-state index in [1.165, 1.54) is 18.6 Å². The number of imidazole rings is 1. The number of amides is 1. The zero-order valence-corrected chi connectivity index (χ0v) is 15.4. The molecule has 3 rings (SSSR count). The van der Waals surface area contributed by atoms with Crippen molar-refractivity contribution in [3.63, 3.8) is 0 Å². The second kappa shape index (κ2) is 8.36. The number of rotatable bonds is 5. The fourth-order valence-electron chi connectivity index (χ4n) is 3.25. The van der Waals surface area contributed by atoms with Crippen molar-refractivity contribution in [2.24, 2.45) is 5.92 Å². The number of halogens is 1. The highest BCUT2D eigenvalue weighted by atomic mass is 35.5. The lowest BCUT2D eigenvalue weighted by molar-refractivity contribution is -0.144. The zero-order valence-electron chi connectivity index (χ0n) is 14.7. The number of hydrogen-bond donors (Lipinski definition) is 1. The summed E-state index contributed by atoms with van der Waals surface area (Å²) < 4.78 is 6.79. The lowest BCUT2D eigenvalue weighted by Gasteiger charge is -2.29. The summed E-state index contributed by atoms with van der Waals surface area (Å²) in [5.74, 6) is -0.405. The monoisotopic (exact) mass is 375 g/mol. The summed E-state index contributed by atoms with van der Waals surface area (Å²) in [4.78, 5) is 28.1. The fraction of sp³-hybridized carbons (Fsp3) is 0.421. The van der Waals surface area contributed by atoms with Gasteiger partial charge < -0.3 is 10.1 Å². The normalized spacial score (nSPS) is 20.4. The maximum absolute atomic E-state index is 12.0. The molecule has 2 atom stereocenters. The molecule has 0 bridgehead atoms. The van der Waals surface area contributed by atoms with E-state index in [0.717, 1.165) is 19.3 Å². The summed E-state index contributed by atoms with van der Waals surface area (Å²) >= 11 is 6.10. The Morgan fingerprint density at radius 2 is 2.19 bits per heavy atom. The molecule has 1 N–H and O–H groups in total. The van der Waals surface area contributed by atoms with E-state index in [2.05, 4.69) is 17.2 Å². The number of nitrogens with one attached hydrogen (secondary N) is 1. The average Bonchev–Trinajstić information content (AvgIpc) is 2.95. The van der Waals surface area contributed by atoms with Gasteiger partial charge in [0.25, 0.3) is 5.91 Å². The van der Waals surface area contributed by atoms with Gasteiger partial charge in [0, 0.05) is 18.3 Å². The zero-order chi connectivity index (χ0) is 18.5. The molecule has 7 heteroatoms. The summed E-state index contributed by atoms with van der Waals surface area (Å²) in [5, 5.41) is 3.25. The molecule has 1 saturated carbocycles. The SMILES string of the molecule is C[C@@H]1CCCC[C@@H]1NC(=O)COC(=O)/C=C/c1c(Cl)nc2ccccn12. The van der Waals surface area contributed by atoms with Gasteiger partial charge in [-0.25, -0.2) is 9.78 Å². The van der Waals surface area contributed by atoms with E-state index < -0.39 is 5.97 Å². The molecular formula is C19H22ClN3O3. The highest BCUT2D eigenvalue weighted by molar-refractivity contribution is 6.31. The van der Waals surface area contributed by atoms with Crippen LogP contribution in [-0.4, -0.2) is 33.9 Å². The second-order valence-corrected chi connectivity index (χ2v) is 6.95. The molecular weight excluding hydrogens is 354 g/mol. The summed E-state index contributed by atoms with van der Waals surface area (Å²) in [6.07, 6.45) is 9.01. The van der Waals surface area contributed by atoms with Gasteiger partial charge in [0.2, 0.25) is 0 Å². The molecule has 1 aliphatic rings. The van der Waals surface area contributed by atoms with Gasteiger partial charge in [0.15, 0.2) is 11.8 Å². The van der Waals surface area contributed by atoms with E-state index in [4.69, 9.17) is 16.3 Å². The average molecular weight is 376 g/mol. The fourth-order valence-corrected chi connectivity index (χ4v) is 3.49. The summed E-state index contributed by atoms with van der Waals surface area (Å²) in [6.45, 7) is 1.85. The molecule has 6 nitrogen and oxygen atoms in total. The quantitative estimate of drug-likeness (QED) is 0.643. The third kappa shape index (κ3) is 4.43. The van der Waals surface area contributed by atoms with Gasteiger partial charge in [-0.1, -0.05) is 37.4 Å². The van der Waals surface area contributed by atoms with Crippen molar-refractivity contribution in [1.82, 2.24) is 14.7 Å². The van der Waals surface area contributed by atoms with Crippen LogP contribution in [0.5, 0.6) is 0 Å². The topological polar surface area (TPSA) is 72.7 Å². The third-order valence-corrected chi connectivity index (χ3v) is 4.98. The van der Waals surface area contributed by atoms with Gasteiger partial charge >= 0.3 is 5.97 Å². The van der Waals surface area contributed by atoms with Crippen molar-refractivity contribution >= 4 is 35.2 Å². The first-order valence-corrected chi connectivity index (χ1v) is 9.19. The van der Waals surface area contributed by atoms with E-state index in [-0.39, 0.29) is 18.6 Å². The number of hydrogen-bond acceptors (Lipinski definition) is 4. The number of aromatic nitrogens is 2. The van der Waals surface area contributed by atoms with Gasteiger partial charge in [-0.05, 0) is 37.0 Å². The predicted octanol–water partition coefficient (Wildman–Crippen LogP) is 3.24. The Kier molecular flexibility index (Phi) is 5.93. The molecule has 2 heterocycles. The first-order valence-electron chi connectivity index (χ1n) is 8.81. The van der Waals surface area contributed by atoms with Crippen LogP contribution < -0.4 is 5.32 Å². The maximum atomic E-state index is 12.0. The van der Waals surface area contributed by atoms with Crippen molar-refractivity contribution in [3.8, 4) is 0 Å². The van der Waals surface area contributed by atoms with Crippen LogP contribution in [0.1, 0.15) is 38.3 Å². The molecule has 0 unspecified atom stereocenters. The number of fused-ring (bicyclic) bond motifs is 1. The Morgan fingerprint density at radius 1 is 1.38 bits per heavy atom. The van der Waals surface area contributed by atoms with Crippen molar-refractivity contribution in [3.05, 3.63) is 41.3 Å². The minimum Gasteiger partial charge on any atom is -0.452 e. The van der Waals surface area contributed by atoms with Crippen LogP contribution in [-0.2, 0) is 14.3 Å². The largest absolute Gasteiger partial charge is 0.452 e. The lowest BCUT2D eigenvalue weighted by atomic mass is 9.86. The van der Waals surface area contributed by atoms with Crippen LogP contribution in [0.3, 0.4) is 0 Å². The van der Waals surface area contributed by atoms with E-state index >= 15 is 0 Å². The van der Waals surface area contributed by atoms with Gasteiger partial charge in [0.05, 0.1) is 5.69 Å². The van der Waals surface area contributed by atoms with Crippen molar-refractivity contribution in [2.75, 3.05) is 6.61 Å². The van der Waals surface area contributed by atoms with Crippen molar-refractivity contribution in [2.45, 2.75) is 38.6 Å². The Labute approximate surface area is 157 Å². The van der Waals surface area contributed by atoms with Crippen LogP contribution in [0.25, 0.3) is 11.7 Å². The molecule has 0 aliphatic heterocycles. The molecule has 1 fully saturated rings. The molecule has 26 heavy (non-hydrogen) atoms. The molecule has 2 aromatic heterocycles. The van der Waals surface area contributed by atoms with Gasteiger partial charge in [-0.2, -0.15) is 0 Å². The number of carbonyl (C=O) groups is 2. The van der Waals surface area contributed by atoms with Crippen LogP contribution in [0.15, 0.2) is 30.5 Å². The number of ether oxygens (including phenoxy) is 1. The van der Waals surface area contributed by atoms with E-state index in [0.29, 0.717) is 22.4 Å². The van der Waals surface area contributed by atoms with E-state index in [9.17, 15) is 9.59 Å². The summed E-state index contributed by atoms with van der Waals surface area (Å²) in [5.41, 5.74) is 1.27. The first-order chi connectivity index (χ1) is 12.5. The standard InChI is InChI=1S/C19H22ClN3O3/c1-13-6-2-3-7-14(13)21-17(24)12-26-18(25)10-9-15-19(20)22-16-8-4-5-11-23(15)16/h4-5,8-11,13-14H,2-3,6-7,12H2,1H3,(H,21,24)/b10-9+/t13-,14+/m1/s1. The molecule has 1 amide bonds. The van der Waals surface area contributed by atoms with Gasteiger partial charge in [0.1, 0.15) is 5.65 Å². The maximum Gasteiger partial charge on any atom is 0.331 e. The first kappa shape index (κ1) is 18.5. The minimum atomic E-state index is -0.598. The van der Waals surface area contributed by atoms with Gasteiger partial charge in [-0.3, -0.25) is 9.20 Å². The molecule has 2 aromatic rings. The highest BCUT2D eigenvalue weighted by Gasteiger charge is 2.22. The summed E-state index contributed by atoms with van der Waals surface area (Å²) in [7, 11) is 0. The molecule has 138 valence electrons. The molecule has 0 saturated heterocycles. The minimum absolute atomic E-state index is 0.169. The van der Waals surface area contributed by atoms with Crippen LogP contribution in [0, 0.1) is 5.92 Å². The highest BCUT2D eigenvalue weighted by Crippen LogP contribution is 2.23. The Hall–Kier alpha value is -2.34. The van der Waals surface area contributed by atoms with E-state index in [1.807, 2.05) is 18.2 Å². The molecule has 1 aliphatic carbocycles.